The average molecular weight is 189 g/mol. The standard InChI is InChI=1S/C8H6ClFO2/c9-6-1-2-7(10)5(3-6)4-8(11)12/h1-3H,4H2,(H,11,12). The van der Waals surface area contributed by atoms with Crippen LogP contribution in [0.25, 0.3) is 0 Å². The minimum Gasteiger partial charge on any atom is -0.481 e. The molecule has 0 unspecified atom stereocenters. The van der Waals surface area contributed by atoms with E-state index in [0.717, 1.165) is 6.07 Å². The van der Waals surface area contributed by atoms with E-state index in [2.05, 4.69) is 0 Å². The van der Waals surface area contributed by atoms with E-state index >= 15 is 0 Å². The normalized spacial score (nSPS) is 9.83. The Hall–Kier alpha value is -1.09. The molecule has 0 spiro atoms. The zero-order valence-electron chi connectivity index (χ0n) is 6.05. The first-order valence-corrected chi connectivity index (χ1v) is 3.63. The average Bonchev–Trinajstić information content (AvgIpc) is 1.96. The van der Waals surface area contributed by atoms with Crippen molar-refractivity contribution in [2.24, 2.45) is 0 Å². The SMILES string of the molecule is O=C(O)Cc1cc(Cl)ccc1F. The maximum Gasteiger partial charge on any atom is 0.307 e. The van der Waals surface area contributed by atoms with Gasteiger partial charge in [-0.3, -0.25) is 4.79 Å². The van der Waals surface area contributed by atoms with E-state index in [1.807, 2.05) is 0 Å². The molecule has 1 aromatic rings. The summed E-state index contributed by atoms with van der Waals surface area (Å²) < 4.78 is 12.8. The number of hydrogen-bond acceptors (Lipinski definition) is 1. The fourth-order valence-electron chi connectivity index (χ4n) is 0.842. The first-order valence-electron chi connectivity index (χ1n) is 3.25. The van der Waals surface area contributed by atoms with Crippen LogP contribution >= 0.6 is 11.6 Å². The van der Waals surface area contributed by atoms with Gasteiger partial charge in [0, 0.05) is 10.6 Å². The summed E-state index contributed by atoms with van der Waals surface area (Å²) >= 11 is 5.54. The summed E-state index contributed by atoms with van der Waals surface area (Å²) in [5.41, 5.74) is 0.106. The number of carboxylic acids is 1. The van der Waals surface area contributed by atoms with E-state index in [0.29, 0.717) is 5.02 Å². The van der Waals surface area contributed by atoms with Gasteiger partial charge in [-0.05, 0) is 18.2 Å². The minimum atomic E-state index is -1.07. The highest BCUT2D eigenvalue weighted by Crippen LogP contribution is 2.15. The lowest BCUT2D eigenvalue weighted by atomic mass is 10.1. The number of aliphatic carboxylic acids is 1. The molecule has 0 atom stereocenters. The molecule has 0 radical (unpaired) electrons. The van der Waals surface area contributed by atoms with E-state index in [4.69, 9.17) is 16.7 Å². The summed E-state index contributed by atoms with van der Waals surface area (Å²) in [5, 5.41) is 8.71. The molecule has 2 nitrogen and oxygen atoms in total. The number of carbonyl (C=O) groups is 1. The first kappa shape index (κ1) is 9.00. The Morgan fingerprint density at radius 1 is 1.58 bits per heavy atom. The monoisotopic (exact) mass is 188 g/mol. The van der Waals surface area contributed by atoms with Crippen molar-refractivity contribution in [3.63, 3.8) is 0 Å². The first-order chi connectivity index (χ1) is 5.59. The molecule has 0 aliphatic carbocycles. The van der Waals surface area contributed by atoms with Crippen LogP contribution in [0.3, 0.4) is 0 Å². The van der Waals surface area contributed by atoms with Crippen molar-refractivity contribution in [1.82, 2.24) is 0 Å². The van der Waals surface area contributed by atoms with Crippen LogP contribution in [0.1, 0.15) is 5.56 Å². The Kier molecular flexibility index (Phi) is 2.65. The molecule has 0 fully saturated rings. The van der Waals surface area contributed by atoms with Crippen LogP contribution in [-0.4, -0.2) is 11.1 Å². The molecule has 0 amide bonds. The van der Waals surface area contributed by atoms with Gasteiger partial charge in [-0.2, -0.15) is 0 Å². The lowest BCUT2D eigenvalue weighted by Crippen LogP contribution is -2.02. The van der Waals surface area contributed by atoms with Crippen molar-refractivity contribution in [3.8, 4) is 0 Å². The predicted octanol–water partition coefficient (Wildman–Crippen LogP) is 2.11. The second kappa shape index (κ2) is 3.54. The molecule has 0 saturated heterocycles. The molecule has 1 rings (SSSR count). The topological polar surface area (TPSA) is 37.3 Å². The summed E-state index contributed by atoms with van der Waals surface area (Å²) in [4.78, 5) is 10.2. The highest BCUT2D eigenvalue weighted by Gasteiger charge is 2.06. The van der Waals surface area contributed by atoms with Gasteiger partial charge in [0.05, 0.1) is 6.42 Å². The number of halogens is 2. The van der Waals surface area contributed by atoms with Crippen LogP contribution in [0.2, 0.25) is 5.02 Å². The summed E-state index contributed by atoms with van der Waals surface area (Å²) in [7, 11) is 0. The van der Waals surface area contributed by atoms with E-state index in [-0.39, 0.29) is 12.0 Å². The highest BCUT2D eigenvalue weighted by atomic mass is 35.5. The van der Waals surface area contributed by atoms with Crippen LogP contribution < -0.4 is 0 Å². The van der Waals surface area contributed by atoms with Gasteiger partial charge in [0.15, 0.2) is 0 Å². The van der Waals surface area contributed by atoms with Crippen molar-refractivity contribution in [3.05, 3.63) is 34.6 Å². The quantitative estimate of drug-likeness (QED) is 0.772. The molecule has 4 heteroatoms. The third kappa shape index (κ3) is 2.20. The summed E-state index contributed by atoms with van der Waals surface area (Å²) in [6, 6.07) is 3.84. The number of hydrogen-bond donors (Lipinski definition) is 1. The summed E-state index contributed by atoms with van der Waals surface area (Å²) in [5.74, 6) is -1.61. The van der Waals surface area contributed by atoms with Crippen molar-refractivity contribution in [2.45, 2.75) is 6.42 Å². The Balaban J connectivity index is 2.97. The molecule has 0 aliphatic heterocycles. The molecule has 1 aromatic carbocycles. The zero-order valence-corrected chi connectivity index (χ0v) is 6.81. The summed E-state index contributed by atoms with van der Waals surface area (Å²) in [6.45, 7) is 0. The zero-order chi connectivity index (χ0) is 9.14. The molecule has 64 valence electrons. The fraction of sp³-hybridized carbons (Fsp3) is 0.125. The third-order valence-electron chi connectivity index (χ3n) is 1.35. The highest BCUT2D eigenvalue weighted by molar-refractivity contribution is 6.30. The molecule has 12 heavy (non-hydrogen) atoms. The number of benzene rings is 1. The van der Waals surface area contributed by atoms with Gasteiger partial charge in [0.1, 0.15) is 5.82 Å². The van der Waals surface area contributed by atoms with Crippen molar-refractivity contribution >= 4 is 17.6 Å². The van der Waals surface area contributed by atoms with Gasteiger partial charge in [-0.15, -0.1) is 0 Å². The maximum absolute atomic E-state index is 12.8. The molecular weight excluding hydrogens is 183 g/mol. The third-order valence-corrected chi connectivity index (χ3v) is 1.58. The Morgan fingerprint density at radius 2 is 2.25 bits per heavy atom. The Labute approximate surface area is 73.6 Å². The van der Waals surface area contributed by atoms with Crippen LogP contribution in [0, 0.1) is 5.82 Å². The maximum atomic E-state index is 12.8. The van der Waals surface area contributed by atoms with E-state index in [1.54, 1.807) is 0 Å². The van der Waals surface area contributed by atoms with Gasteiger partial charge < -0.3 is 5.11 Å². The van der Waals surface area contributed by atoms with Crippen LogP contribution in [0.5, 0.6) is 0 Å². The van der Waals surface area contributed by atoms with E-state index < -0.39 is 11.8 Å². The summed E-state index contributed by atoms with van der Waals surface area (Å²) in [6.07, 6.45) is -0.341. The molecule has 0 aromatic heterocycles. The van der Waals surface area contributed by atoms with Gasteiger partial charge in [-0.25, -0.2) is 4.39 Å². The van der Waals surface area contributed by atoms with E-state index in [1.165, 1.54) is 12.1 Å². The predicted molar refractivity (Wildman–Crippen MR) is 42.7 cm³/mol. The van der Waals surface area contributed by atoms with Crippen molar-refractivity contribution < 1.29 is 14.3 Å². The van der Waals surface area contributed by atoms with Crippen LogP contribution in [0.15, 0.2) is 18.2 Å². The lowest BCUT2D eigenvalue weighted by molar-refractivity contribution is -0.136. The number of rotatable bonds is 2. The van der Waals surface area contributed by atoms with Gasteiger partial charge >= 0.3 is 5.97 Å². The second-order valence-electron chi connectivity index (χ2n) is 2.31. The van der Waals surface area contributed by atoms with Crippen molar-refractivity contribution in [2.75, 3.05) is 0 Å². The molecule has 0 heterocycles. The molecule has 0 bridgehead atoms. The molecule has 0 aliphatic rings. The Morgan fingerprint density at radius 3 is 2.83 bits per heavy atom. The fourth-order valence-corrected chi connectivity index (χ4v) is 1.04. The number of carboxylic acid groups (broad SMARTS) is 1. The Bertz CT molecular complexity index is 312. The largest absolute Gasteiger partial charge is 0.481 e. The van der Waals surface area contributed by atoms with Crippen LogP contribution in [0.4, 0.5) is 4.39 Å². The van der Waals surface area contributed by atoms with Crippen LogP contribution in [-0.2, 0) is 11.2 Å². The lowest BCUT2D eigenvalue weighted by Gasteiger charge is -1.99. The van der Waals surface area contributed by atoms with Crippen molar-refractivity contribution in [1.29, 1.82) is 0 Å². The van der Waals surface area contributed by atoms with Gasteiger partial charge in [-0.1, -0.05) is 11.6 Å². The van der Waals surface area contributed by atoms with E-state index in [9.17, 15) is 9.18 Å². The molecular formula is C8H6ClFO2. The second-order valence-corrected chi connectivity index (χ2v) is 2.74. The molecule has 0 saturated carbocycles. The smallest absolute Gasteiger partial charge is 0.307 e. The van der Waals surface area contributed by atoms with Gasteiger partial charge in [0.2, 0.25) is 0 Å². The molecule has 1 N–H and O–H groups in total. The van der Waals surface area contributed by atoms with Gasteiger partial charge in [0.25, 0.3) is 0 Å². The minimum absolute atomic E-state index is 0.106.